The van der Waals surface area contributed by atoms with Crippen molar-refractivity contribution < 1.29 is 0 Å². The van der Waals surface area contributed by atoms with Crippen LogP contribution in [-0.4, -0.2) is 33.4 Å². The number of pyridine rings is 1. The molecule has 20 heavy (non-hydrogen) atoms. The van der Waals surface area contributed by atoms with E-state index in [1.165, 1.54) is 25.1 Å². The van der Waals surface area contributed by atoms with Crippen LogP contribution >= 0.6 is 0 Å². The molecule has 0 spiro atoms. The van der Waals surface area contributed by atoms with E-state index in [1.807, 2.05) is 6.07 Å². The van der Waals surface area contributed by atoms with Gasteiger partial charge in [-0.05, 0) is 39.3 Å². The molecule has 1 fully saturated rings. The Kier molecular flexibility index (Phi) is 3.76. The Morgan fingerprint density at radius 2 is 2.30 bits per heavy atom. The summed E-state index contributed by atoms with van der Waals surface area (Å²) in [6.07, 6.45) is 6.75. The minimum Gasteiger partial charge on any atom is -0.326 e. The monoisotopic (exact) mass is 272 g/mol. The van der Waals surface area contributed by atoms with Gasteiger partial charge in [-0.15, -0.1) is 0 Å². The van der Waals surface area contributed by atoms with Gasteiger partial charge in [0.05, 0.1) is 5.69 Å². The zero-order valence-corrected chi connectivity index (χ0v) is 12.4. The van der Waals surface area contributed by atoms with Gasteiger partial charge in [-0.3, -0.25) is 0 Å². The fourth-order valence-electron chi connectivity index (χ4n) is 3.16. The zero-order valence-electron chi connectivity index (χ0n) is 12.4. The average molecular weight is 272 g/mol. The summed E-state index contributed by atoms with van der Waals surface area (Å²) in [6.45, 7) is 7.44. The Morgan fingerprint density at radius 3 is 3.05 bits per heavy atom. The van der Waals surface area contributed by atoms with Gasteiger partial charge in [0.2, 0.25) is 0 Å². The molecule has 1 unspecified atom stereocenters. The molecule has 0 aliphatic carbocycles. The lowest BCUT2D eigenvalue weighted by atomic mass is 9.94. The molecule has 3 rings (SSSR count). The molecule has 3 heterocycles. The number of hydrogen-bond acceptors (Lipinski definition) is 3. The Balaban J connectivity index is 1.90. The normalized spacial score (nSPS) is 20.9. The topological polar surface area (TPSA) is 46.6 Å². The van der Waals surface area contributed by atoms with Crippen LogP contribution in [0.4, 0.5) is 0 Å². The maximum Gasteiger partial charge on any atom is 0.141 e. The predicted molar refractivity (Wildman–Crippen MR) is 81.8 cm³/mol. The second-order valence-corrected chi connectivity index (χ2v) is 6.06. The molecule has 1 saturated heterocycles. The van der Waals surface area contributed by atoms with E-state index in [2.05, 4.69) is 41.6 Å². The van der Waals surface area contributed by atoms with Crippen molar-refractivity contribution in [1.29, 1.82) is 0 Å². The molecule has 1 aliphatic rings. The summed E-state index contributed by atoms with van der Waals surface area (Å²) in [5.74, 6) is 0.552. The largest absolute Gasteiger partial charge is 0.326 e. The van der Waals surface area contributed by atoms with Crippen molar-refractivity contribution in [2.75, 3.05) is 13.1 Å². The van der Waals surface area contributed by atoms with Crippen LogP contribution in [0.1, 0.15) is 43.9 Å². The molecule has 0 amide bonds. The summed E-state index contributed by atoms with van der Waals surface area (Å²) in [7, 11) is 0. The minimum absolute atomic E-state index is 0.545. The van der Waals surface area contributed by atoms with Crippen molar-refractivity contribution in [2.24, 2.45) is 5.73 Å². The molecule has 0 radical (unpaired) electrons. The van der Waals surface area contributed by atoms with Gasteiger partial charge in [-0.2, -0.15) is 0 Å². The number of hydrogen-bond donors (Lipinski definition) is 1. The number of imidazole rings is 1. The Morgan fingerprint density at radius 1 is 1.45 bits per heavy atom. The maximum atomic E-state index is 5.80. The predicted octanol–water partition coefficient (Wildman–Crippen LogP) is 2.38. The summed E-state index contributed by atoms with van der Waals surface area (Å²) in [4.78, 5) is 7.41. The Hall–Kier alpha value is -1.39. The van der Waals surface area contributed by atoms with E-state index >= 15 is 0 Å². The third-order valence-corrected chi connectivity index (χ3v) is 4.40. The van der Waals surface area contributed by atoms with Crippen molar-refractivity contribution in [3.63, 3.8) is 0 Å². The van der Waals surface area contributed by atoms with Crippen LogP contribution in [0.25, 0.3) is 5.65 Å². The van der Waals surface area contributed by atoms with E-state index in [0.29, 0.717) is 18.5 Å². The third kappa shape index (κ3) is 2.45. The molecule has 2 aromatic heterocycles. The number of likely N-dealkylation sites (tertiary alicyclic amines) is 1. The Bertz CT molecular complexity index is 587. The second-order valence-electron chi connectivity index (χ2n) is 6.06. The Labute approximate surface area is 120 Å². The number of nitrogens with zero attached hydrogens (tertiary/aromatic N) is 3. The van der Waals surface area contributed by atoms with E-state index in [1.54, 1.807) is 0 Å². The lowest BCUT2D eigenvalue weighted by Crippen LogP contribution is -2.39. The molecule has 4 nitrogen and oxygen atoms in total. The van der Waals surface area contributed by atoms with Crippen LogP contribution < -0.4 is 5.73 Å². The molecule has 108 valence electrons. The van der Waals surface area contributed by atoms with Crippen molar-refractivity contribution in [1.82, 2.24) is 14.3 Å². The van der Waals surface area contributed by atoms with Gasteiger partial charge < -0.3 is 15.0 Å². The molecule has 2 aromatic rings. The van der Waals surface area contributed by atoms with Crippen LogP contribution in [0.3, 0.4) is 0 Å². The van der Waals surface area contributed by atoms with E-state index in [4.69, 9.17) is 10.7 Å². The molecule has 1 atom stereocenters. The zero-order chi connectivity index (χ0) is 14.1. The van der Waals surface area contributed by atoms with Gasteiger partial charge in [0.15, 0.2) is 0 Å². The molecule has 2 N–H and O–H groups in total. The maximum absolute atomic E-state index is 5.80. The van der Waals surface area contributed by atoms with Gasteiger partial charge in [0.1, 0.15) is 5.65 Å². The number of fused-ring (bicyclic) bond motifs is 1. The highest BCUT2D eigenvalue weighted by Gasteiger charge is 2.24. The van der Waals surface area contributed by atoms with Crippen LogP contribution in [0, 0.1) is 0 Å². The summed E-state index contributed by atoms with van der Waals surface area (Å²) in [5.41, 5.74) is 9.16. The summed E-state index contributed by atoms with van der Waals surface area (Å²) in [6, 6.07) is 4.73. The second kappa shape index (κ2) is 5.54. The molecule has 0 aromatic carbocycles. The minimum atomic E-state index is 0.545. The van der Waals surface area contributed by atoms with Crippen LogP contribution in [-0.2, 0) is 6.54 Å². The van der Waals surface area contributed by atoms with Crippen LogP contribution in [0.2, 0.25) is 0 Å². The van der Waals surface area contributed by atoms with Crippen molar-refractivity contribution in [2.45, 2.75) is 45.2 Å². The molecule has 0 saturated carbocycles. The highest BCUT2D eigenvalue weighted by molar-refractivity contribution is 5.49. The first-order chi connectivity index (χ1) is 9.69. The van der Waals surface area contributed by atoms with Crippen LogP contribution in [0.5, 0.6) is 0 Å². The van der Waals surface area contributed by atoms with Crippen molar-refractivity contribution in [3.8, 4) is 0 Å². The first kappa shape index (κ1) is 13.6. The number of piperidine rings is 1. The summed E-state index contributed by atoms with van der Waals surface area (Å²) >= 11 is 0. The van der Waals surface area contributed by atoms with Gasteiger partial charge in [0.25, 0.3) is 0 Å². The number of aromatic nitrogens is 2. The standard InChI is InChI=1S/C16H24N4/c1-12(2)19-7-4-6-14(10-19)15-11-20-8-3-5-13(9-17)16(20)18-15/h3,5,8,11-12,14H,4,6-7,9-10,17H2,1-2H3. The van der Waals surface area contributed by atoms with Crippen LogP contribution in [0.15, 0.2) is 24.5 Å². The van der Waals surface area contributed by atoms with Gasteiger partial charge in [0, 0.05) is 43.0 Å². The third-order valence-electron chi connectivity index (χ3n) is 4.40. The van der Waals surface area contributed by atoms with E-state index in [0.717, 1.165) is 17.8 Å². The first-order valence-electron chi connectivity index (χ1n) is 7.59. The average Bonchev–Trinajstić information content (AvgIpc) is 2.91. The molecule has 0 bridgehead atoms. The van der Waals surface area contributed by atoms with Crippen molar-refractivity contribution in [3.05, 3.63) is 35.8 Å². The fourth-order valence-corrected chi connectivity index (χ4v) is 3.16. The lowest BCUT2D eigenvalue weighted by molar-refractivity contribution is 0.166. The summed E-state index contributed by atoms with van der Waals surface area (Å²) < 4.78 is 2.12. The first-order valence-corrected chi connectivity index (χ1v) is 7.59. The molecular weight excluding hydrogens is 248 g/mol. The van der Waals surface area contributed by atoms with Gasteiger partial charge >= 0.3 is 0 Å². The molecular formula is C16H24N4. The molecule has 1 aliphatic heterocycles. The highest BCUT2D eigenvalue weighted by Crippen LogP contribution is 2.28. The van der Waals surface area contributed by atoms with Gasteiger partial charge in [-0.1, -0.05) is 6.07 Å². The van der Waals surface area contributed by atoms with E-state index in [9.17, 15) is 0 Å². The SMILES string of the molecule is CC(C)N1CCCC(c2cn3cccc(CN)c3n2)C1. The number of rotatable bonds is 3. The lowest BCUT2D eigenvalue weighted by Gasteiger charge is -2.34. The quantitative estimate of drug-likeness (QED) is 0.933. The van der Waals surface area contributed by atoms with E-state index in [-0.39, 0.29) is 0 Å². The van der Waals surface area contributed by atoms with E-state index < -0.39 is 0 Å². The fraction of sp³-hybridized carbons (Fsp3) is 0.562. The van der Waals surface area contributed by atoms with Crippen molar-refractivity contribution >= 4 is 5.65 Å². The number of nitrogens with two attached hydrogens (primary N) is 1. The smallest absolute Gasteiger partial charge is 0.141 e. The van der Waals surface area contributed by atoms with Gasteiger partial charge in [-0.25, -0.2) is 4.98 Å². The summed E-state index contributed by atoms with van der Waals surface area (Å²) in [5, 5.41) is 0. The highest BCUT2D eigenvalue weighted by atomic mass is 15.2. The molecule has 4 heteroatoms.